The fourth-order valence-corrected chi connectivity index (χ4v) is 2.87. The largest absolute Gasteiger partial charge is 0.460 e. The van der Waals surface area contributed by atoms with Gasteiger partial charge in [0, 0.05) is 0 Å². The van der Waals surface area contributed by atoms with Crippen molar-refractivity contribution in [1.29, 1.82) is 0 Å². The van der Waals surface area contributed by atoms with Crippen LogP contribution >= 0.6 is 0 Å². The van der Waals surface area contributed by atoms with Gasteiger partial charge in [-0.25, -0.2) is 9.59 Å². The third-order valence-electron chi connectivity index (χ3n) is 4.42. The Morgan fingerprint density at radius 1 is 1.07 bits per heavy atom. The molecule has 27 heavy (non-hydrogen) atoms. The first kappa shape index (κ1) is 22.9. The molecule has 0 radical (unpaired) electrons. The summed E-state index contributed by atoms with van der Waals surface area (Å²) in [6.07, 6.45) is 6.68. The molecule has 4 nitrogen and oxygen atoms in total. The highest BCUT2D eigenvalue weighted by molar-refractivity contribution is 5.91. The van der Waals surface area contributed by atoms with Crippen molar-refractivity contribution in [2.75, 3.05) is 6.61 Å². The molecule has 0 aromatic heterocycles. The molecule has 0 fully saturated rings. The number of allylic oxidation sites excluding steroid dienone is 2. The summed E-state index contributed by atoms with van der Waals surface area (Å²) < 4.78 is 10.5. The fourth-order valence-electron chi connectivity index (χ4n) is 2.87. The van der Waals surface area contributed by atoms with Crippen molar-refractivity contribution >= 4 is 17.5 Å². The first-order valence-electron chi connectivity index (χ1n) is 10.0. The predicted molar refractivity (Wildman–Crippen MR) is 110 cm³/mol. The van der Waals surface area contributed by atoms with Gasteiger partial charge >= 0.3 is 11.9 Å². The van der Waals surface area contributed by atoms with E-state index in [-0.39, 0.29) is 12.7 Å². The molecule has 150 valence electrons. The van der Waals surface area contributed by atoms with Crippen LogP contribution in [0, 0.1) is 5.92 Å². The van der Waals surface area contributed by atoms with Gasteiger partial charge in [-0.2, -0.15) is 0 Å². The SMILES string of the molecule is C/C=C(\CC(C)C)c1ccc(C(=O)OCC(=O)OC(CC)CCCC)cc1. The minimum Gasteiger partial charge on any atom is -0.460 e. The van der Waals surface area contributed by atoms with Gasteiger partial charge in [-0.05, 0) is 55.4 Å². The lowest BCUT2D eigenvalue weighted by molar-refractivity contribution is -0.153. The molecule has 4 heteroatoms. The number of ether oxygens (including phenoxy) is 2. The second-order valence-electron chi connectivity index (χ2n) is 7.23. The monoisotopic (exact) mass is 374 g/mol. The van der Waals surface area contributed by atoms with Gasteiger partial charge in [0.25, 0.3) is 0 Å². The summed E-state index contributed by atoms with van der Waals surface area (Å²) in [6, 6.07) is 7.32. The van der Waals surface area contributed by atoms with E-state index in [1.807, 2.05) is 26.0 Å². The van der Waals surface area contributed by atoms with Crippen molar-refractivity contribution in [2.24, 2.45) is 5.92 Å². The second kappa shape index (κ2) is 12.3. The van der Waals surface area contributed by atoms with Crippen molar-refractivity contribution in [3.8, 4) is 0 Å². The molecule has 1 aromatic carbocycles. The van der Waals surface area contributed by atoms with Gasteiger partial charge in [0.05, 0.1) is 5.56 Å². The van der Waals surface area contributed by atoms with Gasteiger partial charge in [-0.3, -0.25) is 0 Å². The molecule has 0 saturated heterocycles. The van der Waals surface area contributed by atoms with Gasteiger partial charge in [-0.1, -0.05) is 58.7 Å². The van der Waals surface area contributed by atoms with Crippen molar-refractivity contribution in [2.45, 2.75) is 72.8 Å². The zero-order valence-electron chi connectivity index (χ0n) is 17.4. The molecular formula is C23H34O4. The fraction of sp³-hybridized carbons (Fsp3) is 0.565. The number of hydrogen-bond acceptors (Lipinski definition) is 4. The molecule has 0 bridgehead atoms. The van der Waals surface area contributed by atoms with Crippen LogP contribution < -0.4 is 0 Å². The number of benzene rings is 1. The highest BCUT2D eigenvalue weighted by atomic mass is 16.6. The number of esters is 2. The van der Waals surface area contributed by atoms with E-state index in [1.165, 1.54) is 5.57 Å². The van der Waals surface area contributed by atoms with Crippen LogP contribution in [0.3, 0.4) is 0 Å². The van der Waals surface area contributed by atoms with Crippen LogP contribution in [0.2, 0.25) is 0 Å². The molecule has 0 heterocycles. The predicted octanol–water partition coefficient (Wildman–Crippen LogP) is 5.80. The van der Waals surface area contributed by atoms with Crippen LogP contribution in [0.25, 0.3) is 5.57 Å². The first-order chi connectivity index (χ1) is 12.9. The van der Waals surface area contributed by atoms with Crippen molar-refractivity contribution in [3.63, 3.8) is 0 Å². The molecule has 0 aliphatic carbocycles. The quantitative estimate of drug-likeness (QED) is 0.459. The van der Waals surface area contributed by atoms with Gasteiger partial charge in [0.2, 0.25) is 0 Å². The maximum Gasteiger partial charge on any atom is 0.344 e. The average molecular weight is 375 g/mol. The highest BCUT2D eigenvalue weighted by Gasteiger charge is 2.15. The molecule has 0 N–H and O–H groups in total. The number of rotatable bonds is 11. The zero-order chi connectivity index (χ0) is 20.2. The van der Waals surface area contributed by atoms with Crippen LogP contribution in [0.15, 0.2) is 30.3 Å². The lowest BCUT2D eigenvalue weighted by Crippen LogP contribution is -2.22. The van der Waals surface area contributed by atoms with E-state index in [9.17, 15) is 9.59 Å². The van der Waals surface area contributed by atoms with E-state index in [0.717, 1.165) is 37.7 Å². The number of hydrogen-bond donors (Lipinski definition) is 0. The third-order valence-corrected chi connectivity index (χ3v) is 4.42. The Balaban J connectivity index is 2.56. The van der Waals surface area contributed by atoms with Crippen molar-refractivity contribution < 1.29 is 19.1 Å². The maximum absolute atomic E-state index is 12.2. The standard InChI is InChI=1S/C23H34O4/c1-6-9-10-21(8-3)27-22(24)16-26-23(25)20-13-11-19(12-14-20)18(7-2)15-17(4)5/h7,11-14,17,21H,6,8-10,15-16H2,1-5H3/b18-7+. The molecule has 0 aliphatic heterocycles. The summed E-state index contributed by atoms with van der Waals surface area (Å²) in [4.78, 5) is 24.0. The Morgan fingerprint density at radius 3 is 2.22 bits per heavy atom. The number of carbonyl (C=O) groups excluding carboxylic acids is 2. The lowest BCUT2D eigenvalue weighted by atomic mass is 9.95. The third kappa shape index (κ3) is 8.42. The summed E-state index contributed by atoms with van der Waals surface area (Å²) in [7, 11) is 0. The molecule has 1 rings (SSSR count). The summed E-state index contributed by atoms with van der Waals surface area (Å²) in [6.45, 7) is 10.1. The van der Waals surface area contributed by atoms with Crippen LogP contribution in [0.4, 0.5) is 0 Å². The molecule has 1 atom stereocenters. The van der Waals surface area contributed by atoms with E-state index >= 15 is 0 Å². The van der Waals surface area contributed by atoms with Gasteiger partial charge in [0.15, 0.2) is 6.61 Å². The van der Waals surface area contributed by atoms with Crippen molar-refractivity contribution in [1.82, 2.24) is 0 Å². The van der Waals surface area contributed by atoms with E-state index < -0.39 is 11.9 Å². The Morgan fingerprint density at radius 2 is 1.70 bits per heavy atom. The van der Waals surface area contributed by atoms with Crippen LogP contribution in [-0.4, -0.2) is 24.6 Å². The molecule has 0 spiro atoms. The summed E-state index contributed by atoms with van der Waals surface area (Å²) in [5.74, 6) is -0.432. The zero-order valence-corrected chi connectivity index (χ0v) is 17.4. The van der Waals surface area contributed by atoms with Gasteiger partial charge in [0.1, 0.15) is 6.10 Å². The Labute approximate surface area is 163 Å². The minimum absolute atomic E-state index is 0.101. The van der Waals surface area contributed by atoms with Crippen LogP contribution in [-0.2, 0) is 14.3 Å². The summed E-state index contributed by atoms with van der Waals surface area (Å²) >= 11 is 0. The Hall–Kier alpha value is -2.10. The number of unbranched alkanes of at least 4 members (excludes halogenated alkanes) is 1. The molecular weight excluding hydrogens is 340 g/mol. The van der Waals surface area contributed by atoms with Crippen LogP contribution in [0.1, 0.15) is 82.6 Å². The lowest BCUT2D eigenvalue weighted by Gasteiger charge is -2.15. The maximum atomic E-state index is 12.2. The van der Waals surface area contributed by atoms with E-state index in [4.69, 9.17) is 9.47 Å². The topological polar surface area (TPSA) is 52.6 Å². The van der Waals surface area contributed by atoms with Crippen molar-refractivity contribution in [3.05, 3.63) is 41.5 Å². The molecule has 1 aromatic rings. The van der Waals surface area contributed by atoms with Gasteiger partial charge in [-0.15, -0.1) is 0 Å². The normalized spacial score (nSPS) is 12.7. The summed E-state index contributed by atoms with van der Waals surface area (Å²) in [5, 5.41) is 0. The Bertz CT molecular complexity index is 614. The summed E-state index contributed by atoms with van der Waals surface area (Å²) in [5.41, 5.74) is 2.79. The van der Waals surface area contributed by atoms with Crippen LogP contribution in [0.5, 0.6) is 0 Å². The van der Waals surface area contributed by atoms with E-state index in [2.05, 4.69) is 26.8 Å². The molecule has 0 aliphatic rings. The van der Waals surface area contributed by atoms with E-state index in [1.54, 1.807) is 12.1 Å². The Kier molecular flexibility index (Phi) is 10.5. The molecule has 0 amide bonds. The number of carbonyl (C=O) groups is 2. The molecule has 1 unspecified atom stereocenters. The van der Waals surface area contributed by atoms with Gasteiger partial charge < -0.3 is 9.47 Å². The first-order valence-corrected chi connectivity index (χ1v) is 10.0. The second-order valence-corrected chi connectivity index (χ2v) is 7.23. The minimum atomic E-state index is -0.508. The average Bonchev–Trinajstić information content (AvgIpc) is 2.67. The highest BCUT2D eigenvalue weighted by Crippen LogP contribution is 2.23. The van der Waals surface area contributed by atoms with E-state index in [0.29, 0.717) is 11.5 Å². The molecule has 0 saturated carbocycles. The smallest absolute Gasteiger partial charge is 0.344 e.